The first-order chi connectivity index (χ1) is 18.4. The fourth-order valence-electron chi connectivity index (χ4n) is 5.62. The minimum atomic E-state index is 0.620. The predicted octanol–water partition coefficient (Wildman–Crippen LogP) is 7.95. The van der Waals surface area contributed by atoms with Gasteiger partial charge in [-0.15, -0.1) is 0 Å². The molecular weight excluding hydrogens is 452 g/mol. The van der Waals surface area contributed by atoms with Crippen LogP contribution in [-0.2, 0) is 0 Å². The second kappa shape index (κ2) is 7.70. The van der Waals surface area contributed by atoms with Crippen molar-refractivity contribution < 1.29 is 0 Å². The lowest BCUT2D eigenvalue weighted by Gasteiger charge is -2.13. The summed E-state index contributed by atoms with van der Waals surface area (Å²) in [6.45, 7) is 0. The number of hydrogen-bond donors (Lipinski definition) is 0. The molecule has 7 aromatic rings. The van der Waals surface area contributed by atoms with E-state index in [1.54, 1.807) is 0 Å². The van der Waals surface area contributed by atoms with Gasteiger partial charge < -0.3 is 0 Å². The molecule has 2 heterocycles. The first kappa shape index (κ1) is 20.1. The molecule has 1 aliphatic carbocycles. The smallest absolute Gasteiger partial charge is 0.238 e. The normalized spacial score (nSPS) is 11.8. The summed E-state index contributed by atoms with van der Waals surface area (Å²) < 4.78 is 2.22. The largest absolute Gasteiger partial charge is 0.277 e. The highest BCUT2D eigenvalue weighted by Crippen LogP contribution is 2.52. The van der Waals surface area contributed by atoms with Gasteiger partial charge in [-0.25, -0.2) is 4.98 Å². The summed E-state index contributed by atoms with van der Waals surface area (Å²) in [4.78, 5) is 15.0. The van der Waals surface area contributed by atoms with Gasteiger partial charge in [0.15, 0.2) is 11.6 Å². The van der Waals surface area contributed by atoms with Crippen LogP contribution in [0.3, 0.4) is 0 Å². The summed E-state index contributed by atoms with van der Waals surface area (Å²) in [5.74, 6) is 1.93. The fourth-order valence-corrected chi connectivity index (χ4v) is 5.62. The van der Waals surface area contributed by atoms with E-state index in [0.29, 0.717) is 17.6 Å². The molecule has 37 heavy (non-hydrogen) atoms. The summed E-state index contributed by atoms with van der Waals surface area (Å²) in [5.41, 5.74) is 7.86. The van der Waals surface area contributed by atoms with E-state index in [2.05, 4.69) is 65.2 Å². The van der Waals surface area contributed by atoms with Crippen LogP contribution in [-0.4, -0.2) is 19.5 Å². The van der Waals surface area contributed by atoms with Crippen LogP contribution in [0.1, 0.15) is 0 Å². The summed E-state index contributed by atoms with van der Waals surface area (Å²) in [5, 5.41) is 3.73. The van der Waals surface area contributed by atoms with Gasteiger partial charge in [0.2, 0.25) is 5.95 Å². The summed E-state index contributed by atoms with van der Waals surface area (Å²) in [7, 11) is 0. The molecule has 0 bridgehead atoms. The van der Waals surface area contributed by atoms with Gasteiger partial charge in [0.05, 0.1) is 11.2 Å². The zero-order chi connectivity index (χ0) is 24.3. The molecular formula is C33H20N4. The second-order valence-electron chi connectivity index (χ2n) is 9.30. The molecule has 0 N–H and O–H groups in total. The third-order valence-corrected chi connectivity index (χ3v) is 7.19. The molecule has 4 nitrogen and oxygen atoms in total. The maximum atomic E-state index is 5.07. The first-order valence-corrected chi connectivity index (χ1v) is 12.4. The van der Waals surface area contributed by atoms with Crippen LogP contribution < -0.4 is 0 Å². The van der Waals surface area contributed by atoms with Crippen LogP contribution in [0.5, 0.6) is 0 Å². The van der Waals surface area contributed by atoms with E-state index >= 15 is 0 Å². The Morgan fingerprint density at radius 3 is 1.76 bits per heavy atom. The maximum Gasteiger partial charge on any atom is 0.238 e. The monoisotopic (exact) mass is 472 g/mol. The summed E-state index contributed by atoms with van der Waals surface area (Å²) in [6.07, 6.45) is 0. The highest BCUT2D eigenvalue weighted by atomic mass is 15.2. The Labute approximate surface area is 213 Å². The Morgan fingerprint density at radius 2 is 1.08 bits per heavy atom. The van der Waals surface area contributed by atoms with Gasteiger partial charge in [-0.05, 0) is 22.4 Å². The van der Waals surface area contributed by atoms with Crippen molar-refractivity contribution in [3.63, 3.8) is 0 Å². The lowest BCUT2D eigenvalue weighted by atomic mass is 10.0. The number of para-hydroxylation sites is 1. The first-order valence-electron chi connectivity index (χ1n) is 12.4. The predicted molar refractivity (Wildman–Crippen MR) is 149 cm³/mol. The molecule has 0 amide bonds. The molecule has 5 aromatic carbocycles. The standard InChI is InChI=1S/C33H20N4/c1-3-11-22(12-4-1)31-34-32(23-13-5-2-6-14-23)36-33(35-31)37-27-20-8-7-17-24(27)29-25-18-9-15-21-16-10-19-26(28(21)25)30(29)37/h1-20H. The topological polar surface area (TPSA) is 43.6 Å². The fraction of sp³-hybridized carbons (Fsp3) is 0. The minimum absolute atomic E-state index is 0.620. The molecule has 1 aliphatic rings. The Morgan fingerprint density at radius 1 is 0.486 bits per heavy atom. The van der Waals surface area contributed by atoms with Gasteiger partial charge in [0, 0.05) is 27.6 Å². The van der Waals surface area contributed by atoms with Crippen LogP contribution >= 0.6 is 0 Å². The van der Waals surface area contributed by atoms with Gasteiger partial charge >= 0.3 is 0 Å². The van der Waals surface area contributed by atoms with Crippen LogP contribution in [0.25, 0.3) is 72.8 Å². The number of nitrogens with zero attached hydrogens (tertiary/aromatic N) is 4. The van der Waals surface area contributed by atoms with E-state index < -0.39 is 0 Å². The van der Waals surface area contributed by atoms with E-state index in [-0.39, 0.29) is 0 Å². The minimum Gasteiger partial charge on any atom is -0.277 e. The van der Waals surface area contributed by atoms with Gasteiger partial charge in [-0.3, -0.25) is 4.57 Å². The average molecular weight is 473 g/mol. The second-order valence-corrected chi connectivity index (χ2v) is 9.30. The van der Waals surface area contributed by atoms with Gasteiger partial charge in [-0.1, -0.05) is 115 Å². The number of rotatable bonds is 3. The van der Waals surface area contributed by atoms with E-state index in [0.717, 1.165) is 22.3 Å². The van der Waals surface area contributed by atoms with E-state index in [1.165, 1.54) is 32.8 Å². The molecule has 0 saturated carbocycles. The van der Waals surface area contributed by atoms with Crippen molar-refractivity contribution in [3.8, 4) is 51.1 Å². The van der Waals surface area contributed by atoms with Crippen LogP contribution in [0.15, 0.2) is 121 Å². The van der Waals surface area contributed by atoms with E-state index in [1.807, 2.05) is 60.7 Å². The number of aromatic nitrogens is 4. The average Bonchev–Trinajstić information content (AvgIpc) is 3.49. The highest BCUT2D eigenvalue weighted by Gasteiger charge is 2.30. The van der Waals surface area contributed by atoms with Crippen molar-refractivity contribution in [2.24, 2.45) is 0 Å². The zero-order valence-corrected chi connectivity index (χ0v) is 19.8. The maximum absolute atomic E-state index is 5.07. The third kappa shape index (κ3) is 2.93. The van der Waals surface area contributed by atoms with Crippen molar-refractivity contribution in [2.75, 3.05) is 0 Å². The Balaban J connectivity index is 1.49. The summed E-state index contributed by atoms with van der Waals surface area (Å²) >= 11 is 0. The van der Waals surface area contributed by atoms with E-state index in [9.17, 15) is 0 Å². The number of benzene rings is 5. The Kier molecular flexibility index (Phi) is 4.19. The molecule has 0 unspecified atom stereocenters. The van der Waals surface area contributed by atoms with Crippen molar-refractivity contribution in [1.29, 1.82) is 0 Å². The lowest BCUT2D eigenvalue weighted by molar-refractivity contribution is 0.939. The zero-order valence-electron chi connectivity index (χ0n) is 19.8. The number of hydrogen-bond acceptors (Lipinski definition) is 3. The SMILES string of the molecule is c1ccc(-c2nc(-c3ccccc3)nc(-n3c4c(c5ccccc53)-c3cccc5cccc-4c35)n2)cc1. The van der Waals surface area contributed by atoms with Crippen molar-refractivity contribution in [3.05, 3.63) is 121 Å². The van der Waals surface area contributed by atoms with Crippen molar-refractivity contribution in [2.45, 2.75) is 0 Å². The molecule has 172 valence electrons. The van der Waals surface area contributed by atoms with Crippen molar-refractivity contribution in [1.82, 2.24) is 19.5 Å². The van der Waals surface area contributed by atoms with Crippen LogP contribution in [0, 0.1) is 0 Å². The number of fused-ring (bicyclic) bond motifs is 5. The molecule has 0 spiro atoms. The Hall–Kier alpha value is -5.09. The molecule has 0 atom stereocenters. The molecule has 0 fully saturated rings. The molecule has 0 radical (unpaired) electrons. The van der Waals surface area contributed by atoms with Gasteiger partial charge in [-0.2, -0.15) is 9.97 Å². The quantitative estimate of drug-likeness (QED) is 0.262. The van der Waals surface area contributed by atoms with Crippen molar-refractivity contribution >= 4 is 21.7 Å². The molecule has 2 aromatic heterocycles. The molecule has 8 rings (SSSR count). The van der Waals surface area contributed by atoms with Gasteiger partial charge in [0.1, 0.15) is 0 Å². The van der Waals surface area contributed by atoms with E-state index in [4.69, 9.17) is 15.0 Å². The van der Waals surface area contributed by atoms with Crippen LogP contribution in [0.2, 0.25) is 0 Å². The highest BCUT2D eigenvalue weighted by molar-refractivity contribution is 6.21. The third-order valence-electron chi connectivity index (χ3n) is 7.19. The van der Waals surface area contributed by atoms with Gasteiger partial charge in [0.25, 0.3) is 0 Å². The lowest BCUT2D eigenvalue weighted by Crippen LogP contribution is -2.07. The molecule has 4 heteroatoms. The molecule has 0 saturated heterocycles. The Bertz CT molecular complexity index is 1910. The molecule has 0 aliphatic heterocycles. The summed E-state index contributed by atoms with van der Waals surface area (Å²) in [6, 6.07) is 41.9. The van der Waals surface area contributed by atoms with Crippen LogP contribution in [0.4, 0.5) is 0 Å².